The molecular weight excluding hydrogens is 623 g/mol. The Labute approximate surface area is 277 Å². The minimum atomic E-state index is -0.870. The van der Waals surface area contributed by atoms with Gasteiger partial charge in [-0.3, -0.25) is 0 Å². The average molecular weight is 654 g/mol. The molecule has 0 spiro atoms. The van der Waals surface area contributed by atoms with Crippen LogP contribution in [0.5, 0.6) is 0 Å². The smallest absolute Gasteiger partial charge is 0.417 e. The van der Waals surface area contributed by atoms with E-state index in [4.69, 9.17) is 42.7 Å². The number of rotatable bonds is 7. The molecule has 232 valence electrons. The molecule has 2 heterocycles. The van der Waals surface area contributed by atoms with Gasteiger partial charge in [0.2, 0.25) is 5.96 Å². The highest BCUT2D eigenvalue weighted by molar-refractivity contribution is 6.30. The molecule has 2 aliphatic rings. The van der Waals surface area contributed by atoms with E-state index in [0.717, 1.165) is 5.56 Å². The molecule has 2 aliphatic heterocycles. The van der Waals surface area contributed by atoms with Gasteiger partial charge in [0.1, 0.15) is 6.17 Å². The zero-order valence-electron chi connectivity index (χ0n) is 25.1. The summed E-state index contributed by atoms with van der Waals surface area (Å²) in [6.07, 6.45) is -1.49. The van der Waals surface area contributed by atoms with Gasteiger partial charge in [-0.15, -0.1) is 0 Å². The predicted octanol–water partition coefficient (Wildman–Crippen LogP) is 8.30. The monoisotopic (exact) mass is 652 g/mol. The summed E-state index contributed by atoms with van der Waals surface area (Å²) in [5.41, 5.74) is 3.51. The Kier molecular flexibility index (Phi) is 9.19. The molecule has 1 amide bonds. The van der Waals surface area contributed by atoms with Crippen molar-refractivity contribution >= 4 is 52.8 Å². The van der Waals surface area contributed by atoms with E-state index in [1.54, 1.807) is 38.1 Å². The number of hydrogen-bond acceptors (Lipinski definition) is 7. The molecule has 0 aliphatic carbocycles. The van der Waals surface area contributed by atoms with E-state index in [-0.39, 0.29) is 13.2 Å². The summed E-state index contributed by atoms with van der Waals surface area (Å²) in [6.45, 7) is 3.79. The molecule has 0 N–H and O–H groups in total. The Hall–Kier alpha value is -4.92. The zero-order valence-corrected chi connectivity index (χ0v) is 26.7. The summed E-state index contributed by atoms with van der Waals surface area (Å²) in [7, 11) is 0. The molecule has 8 nitrogen and oxygen atoms in total. The van der Waals surface area contributed by atoms with Crippen LogP contribution in [-0.2, 0) is 14.3 Å². The van der Waals surface area contributed by atoms with E-state index in [2.05, 4.69) is 0 Å². The van der Waals surface area contributed by atoms with Crippen molar-refractivity contribution in [1.29, 1.82) is 0 Å². The first-order chi connectivity index (χ1) is 22.4. The summed E-state index contributed by atoms with van der Waals surface area (Å²) >= 11 is 12.7. The molecule has 0 bridgehead atoms. The van der Waals surface area contributed by atoms with Crippen LogP contribution in [0.1, 0.15) is 48.3 Å². The van der Waals surface area contributed by atoms with Crippen LogP contribution in [-0.4, -0.2) is 46.9 Å². The third-order valence-corrected chi connectivity index (χ3v) is 8.09. The van der Waals surface area contributed by atoms with Crippen LogP contribution in [0.25, 0.3) is 5.70 Å². The summed E-state index contributed by atoms with van der Waals surface area (Å²) in [5.74, 6) is 0.0986. The van der Waals surface area contributed by atoms with Crippen LogP contribution in [0.2, 0.25) is 10.0 Å². The van der Waals surface area contributed by atoms with Crippen molar-refractivity contribution < 1.29 is 19.1 Å². The minimum absolute atomic E-state index is 0.137. The van der Waals surface area contributed by atoms with Crippen molar-refractivity contribution in [3.63, 3.8) is 0 Å². The SMILES string of the molecule is CCOC(=O)C1=C(c2ccccc2)N=C2N=C(c3ccccc3)N(C(=O)OCC)C(c3ccc(Cl)cc3)N2C1c1ccc(Cl)cc1. The van der Waals surface area contributed by atoms with Gasteiger partial charge in [-0.05, 0) is 49.2 Å². The Morgan fingerprint density at radius 3 is 1.80 bits per heavy atom. The van der Waals surface area contributed by atoms with Crippen LogP contribution in [0.4, 0.5) is 4.79 Å². The molecule has 46 heavy (non-hydrogen) atoms. The molecule has 2 unspecified atom stereocenters. The fourth-order valence-electron chi connectivity index (χ4n) is 5.64. The highest BCUT2D eigenvalue weighted by Gasteiger charge is 2.49. The Morgan fingerprint density at radius 2 is 1.24 bits per heavy atom. The summed E-state index contributed by atoms with van der Waals surface area (Å²) in [4.78, 5) is 41.5. The lowest BCUT2D eigenvalue weighted by atomic mass is 9.90. The second kappa shape index (κ2) is 13.6. The number of carbonyl (C=O) groups is 2. The number of fused-ring (bicyclic) bond motifs is 1. The van der Waals surface area contributed by atoms with Crippen molar-refractivity contribution in [2.75, 3.05) is 13.2 Å². The first-order valence-corrected chi connectivity index (χ1v) is 15.6. The molecule has 0 saturated carbocycles. The van der Waals surface area contributed by atoms with E-state index in [9.17, 15) is 9.59 Å². The number of hydrogen-bond donors (Lipinski definition) is 0. The lowest BCUT2D eigenvalue weighted by Gasteiger charge is -2.48. The van der Waals surface area contributed by atoms with Gasteiger partial charge in [0.05, 0.1) is 30.5 Å². The highest BCUT2D eigenvalue weighted by atomic mass is 35.5. The topological polar surface area (TPSA) is 83.8 Å². The molecule has 0 radical (unpaired) electrons. The van der Waals surface area contributed by atoms with Gasteiger partial charge in [-0.25, -0.2) is 19.5 Å². The molecular formula is C36H30Cl2N4O4. The van der Waals surface area contributed by atoms with Crippen molar-refractivity contribution in [1.82, 2.24) is 9.80 Å². The number of nitrogens with zero attached hydrogens (tertiary/aromatic N) is 4. The van der Waals surface area contributed by atoms with Gasteiger partial charge in [0.15, 0.2) is 5.84 Å². The Bertz CT molecular complexity index is 1830. The van der Waals surface area contributed by atoms with Crippen LogP contribution in [0.3, 0.4) is 0 Å². The number of amidine groups is 1. The molecule has 4 aromatic carbocycles. The molecule has 6 rings (SSSR count). The molecule has 4 aromatic rings. The quantitative estimate of drug-likeness (QED) is 0.188. The third kappa shape index (κ3) is 6.01. The number of halogens is 2. The van der Waals surface area contributed by atoms with E-state index in [0.29, 0.717) is 49.8 Å². The van der Waals surface area contributed by atoms with Crippen LogP contribution >= 0.6 is 23.2 Å². The molecule has 2 atom stereocenters. The Morgan fingerprint density at radius 1 is 0.696 bits per heavy atom. The summed E-state index contributed by atoms with van der Waals surface area (Å²) in [6, 6.07) is 32.4. The standard InChI is InChI=1S/C36H30Cl2N4O4/c1-3-45-34(43)29-30(23-11-7-5-8-12-23)39-35-40-32(25-13-9-6-10-14-25)42(36(44)46-4-2)33(26-17-21-28(38)22-18-26)41(35)31(29)24-15-19-27(37)20-16-24/h5-22,31,33H,3-4H2,1-2H3. The molecule has 0 saturated heterocycles. The second-order valence-electron chi connectivity index (χ2n) is 10.4. The van der Waals surface area contributed by atoms with E-state index >= 15 is 0 Å². The largest absolute Gasteiger partial charge is 0.463 e. The maximum atomic E-state index is 14.0. The second-order valence-corrected chi connectivity index (χ2v) is 11.3. The predicted molar refractivity (Wildman–Crippen MR) is 179 cm³/mol. The van der Waals surface area contributed by atoms with Gasteiger partial charge >= 0.3 is 12.1 Å². The molecule has 0 aromatic heterocycles. The maximum Gasteiger partial charge on any atom is 0.417 e. The number of aliphatic imine (C=N–C) groups is 2. The molecule has 0 fully saturated rings. The zero-order chi connectivity index (χ0) is 32.2. The van der Waals surface area contributed by atoms with Gasteiger partial charge in [-0.2, -0.15) is 4.99 Å². The number of guanidine groups is 1. The minimum Gasteiger partial charge on any atom is -0.463 e. The van der Waals surface area contributed by atoms with Gasteiger partial charge in [0, 0.05) is 21.2 Å². The van der Waals surface area contributed by atoms with E-state index in [1.807, 2.05) is 89.8 Å². The number of esters is 1. The lowest BCUT2D eigenvalue weighted by Crippen LogP contribution is -2.56. The highest BCUT2D eigenvalue weighted by Crippen LogP contribution is 2.47. The van der Waals surface area contributed by atoms with Crippen molar-refractivity contribution in [3.8, 4) is 0 Å². The van der Waals surface area contributed by atoms with Gasteiger partial charge in [0.25, 0.3) is 0 Å². The number of carbonyl (C=O) groups excluding carboxylic acids is 2. The van der Waals surface area contributed by atoms with Crippen molar-refractivity contribution in [2.45, 2.75) is 26.1 Å². The number of ether oxygens (including phenoxy) is 2. The number of amides is 1. The first kappa shape index (κ1) is 31.1. The first-order valence-electron chi connectivity index (χ1n) is 14.9. The molecule has 10 heteroatoms. The van der Waals surface area contributed by atoms with Crippen LogP contribution in [0.15, 0.2) is 125 Å². The lowest BCUT2D eigenvalue weighted by molar-refractivity contribution is -0.139. The van der Waals surface area contributed by atoms with Crippen molar-refractivity contribution in [2.24, 2.45) is 9.98 Å². The van der Waals surface area contributed by atoms with Gasteiger partial charge in [-0.1, -0.05) is 108 Å². The van der Waals surface area contributed by atoms with Crippen LogP contribution < -0.4 is 0 Å². The summed E-state index contributed by atoms with van der Waals surface area (Å²) < 4.78 is 11.3. The normalized spacial score (nSPS) is 17.6. The van der Waals surface area contributed by atoms with Crippen LogP contribution in [0, 0.1) is 0 Å². The average Bonchev–Trinajstić information content (AvgIpc) is 3.08. The fraction of sp³-hybridized carbons (Fsp3) is 0.167. The van der Waals surface area contributed by atoms with Gasteiger partial charge < -0.3 is 14.4 Å². The summed E-state index contributed by atoms with van der Waals surface area (Å²) in [5, 5.41) is 1.06. The van der Waals surface area contributed by atoms with E-state index in [1.165, 1.54) is 4.90 Å². The van der Waals surface area contributed by atoms with Crippen molar-refractivity contribution in [3.05, 3.63) is 147 Å². The maximum absolute atomic E-state index is 14.0. The number of benzene rings is 4. The van der Waals surface area contributed by atoms with E-state index < -0.39 is 24.3 Å². The third-order valence-electron chi connectivity index (χ3n) is 7.58. The fourth-order valence-corrected chi connectivity index (χ4v) is 5.90. The Balaban J connectivity index is 1.72.